The highest BCUT2D eigenvalue weighted by Crippen LogP contribution is 2.28. The second kappa shape index (κ2) is 6.87. The molecule has 0 saturated carbocycles. The minimum Gasteiger partial charge on any atom is -0.493 e. The minimum atomic E-state index is -0.564. The molecule has 17 heavy (non-hydrogen) atoms. The molecule has 0 aliphatic heterocycles. The summed E-state index contributed by atoms with van der Waals surface area (Å²) in [6.45, 7) is 6.73. The molecular weight excluding hydrogens is 236 g/mol. The van der Waals surface area contributed by atoms with Crippen LogP contribution in [0.5, 0.6) is 5.75 Å². The van der Waals surface area contributed by atoms with Crippen molar-refractivity contribution < 1.29 is 9.84 Å². The van der Waals surface area contributed by atoms with E-state index in [0.717, 1.165) is 24.2 Å². The second-order valence-corrected chi connectivity index (χ2v) is 4.79. The molecule has 1 unspecified atom stereocenters. The van der Waals surface area contributed by atoms with Gasteiger partial charge in [0.2, 0.25) is 0 Å². The Balaban J connectivity index is 2.76. The van der Waals surface area contributed by atoms with Crippen molar-refractivity contribution in [2.45, 2.75) is 39.7 Å². The van der Waals surface area contributed by atoms with E-state index < -0.39 is 6.10 Å². The summed E-state index contributed by atoms with van der Waals surface area (Å²) >= 11 is 5.91. The van der Waals surface area contributed by atoms with E-state index in [0.29, 0.717) is 17.5 Å². The van der Waals surface area contributed by atoms with Crippen LogP contribution in [0.2, 0.25) is 5.02 Å². The Hall–Kier alpha value is -0.730. The molecule has 0 aliphatic rings. The molecule has 0 aliphatic carbocycles. The van der Waals surface area contributed by atoms with Gasteiger partial charge in [-0.05, 0) is 31.0 Å². The highest BCUT2D eigenvalue weighted by Gasteiger charge is 2.11. The predicted octanol–water partition coefficient (Wildman–Crippen LogP) is 4.21. The lowest BCUT2D eigenvalue weighted by atomic mass is 10.1. The Morgan fingerprint density at radius 2 is 1.94 bits per heavy atom. The van der Waals surface area contributed by atoms with Crippen molar-refractivity contribution in [3.8, 4) is 5.75 Å². The monoisotopic (exact) mass is 256 g/mol. The number of rotatable bonds is 6. The van der Waals surface area contributed by atoms with Crippen LogP contribution in [0.3, 0.4) is 0 Å². The third-order valence-corrected chi connectivity index (χ3v) is 3.29. The molecule has 0 aromatic heterocycles. The number of benzene rings is 1. The van der Waals surface area contributed by atoms with Crippen LogP contribution in [-0.4, -0.2) is 11.7 Å². The number of hydrogen-bond acceptors (Lipinski definition) is 2. The van der Waals surface area contributed by atoms with Gasteiger partial charge in [-0.1, -0.05) is 38.3 Å². The van der Waals surface area contributed by atoms with Crippen molar-refractivity contribution in [3.05, 3.63) is 28.8 Å². The van der Waals surface area contributed by atoms with Gasteiger partial charge in [-0.3, -0.25) is 0 Å². The number of aliphatic hydroxyl groups excluding tert-OH is 1. The van der Waals surface area contributed by atoms with E-state index in [-0.39, 0.29) is 0 Å². The second-order valence-electron chi connectivity index (χ2n) is 4.35. The largest absolute Gasteiger partial charge is 0.493 e. The first kappa shape index (κ1) is 14.3. The molecule has 1 atom stereocenters. The van der Waals surface area contributed by atoms with Crippen LogP contribution >= 0.6 is 11.6 Å². The summed E-state index contributed by atoms with van der Waals surface area (Å²) in [6, 6.07) is 5.37. The molecule has 0 saturated heterocycles. The van der Waals surface area contributed by atoms with Gasteiger partial charge in [-0.2, -0.15) is 0 Å². The minimum absolute atomic E-state index is 0.563. The molecule has 0 bridgehead atoms. The van der Waals surface area contributed by atoms with E-state index in [2.05, 4.69) is 13.8 Å². The van der Waals surface area contributed by atoms with Gasteiger partial charge < -0.3 is 9.84 Å². The Labute approximate surface area is 109 Å². The average Bonchev–Trinajstić information content (AvgIpc) is 2.31. The molecule has 0 heterocycles. The first-order valence-corrected chi connectivity index (χ1v) is 6.56. The van der Waals surface area contributed by atoms with Crippen molar-refractivity contribution in [1.29, 1.82) is 0 Å². The fourth-order valence-corrected chi connectivity index (χ4v) is 1.89. The zero-order valence-corrected chi connectivity index (χ0v) is 11.5. The molecule has 2 nitrogen and oxygen atoms in total. The summed E-state index contributed by atoms with van der Waals surface area (Å²) in [4.78, 5) is 0. The van der Waals surface area contributed by atoms with Crippen LogP contribution in [0.25, 0.3) is 0 Å². The zero-order chi connectivity index (χ0) is 12.8. The number of halogens is 1. The van der Waals surface area contributed by atoms with Gasteiger partial charge in [-0.15, -0.1) is 0 Å². The maximum absolute atomic E-state index is 9.67. The van der Waals surface area contributed by atoms with Crippen LogP contribution in [0.1, 0.15) is 45.3 Å². The van der Waals surface area contributed by atoms with E-state index in [1.54, 1.807) is 19.1 Å². The van der Waals surface area contributed by atoms with Crippen LogP contribution < -0.4 is 4.74 Å². The fraction of sp³-hybridized carbons (Fsp3) is 0.571. The van der Waals surface area contributed by atoms with Crippen LogP contribution in [0.15, 0.2) is 18.2 Å². The summed E-state index contributed by atoms with van der Waals surface area (Å²) < 4.78 is 5.78. The van der Waals surface area contributed by atoms with E-state index in [1.165, 1.54) is 0 Å². The SMILES string of the molecule is CCC(CC)COc1ccc(Cl)cc1C(C)O. The Morgan fingerprint density at radius 3 is 2.47 bits per heavy atom. The molecule has 3 heteroatoms. The molecule has 1 rings (SSSR count). The standard InChI is InChI=1S/C14H21ClO2/c1-4-11(5-2)9-17-14-7-6-12(15)8-13(14)10(3)16/h6-8,10-11,16H,4-5,9H2,1-3H3. The molecule has 1 aromatic carbocycles. The molecule has 0 radical (unpaired) electrons. The highest BCUT2D eigenvalue weighted by molar-refractivity contribution is 6.30. The smallest absolute Gasteiger partial charge is 0.125 e. The van der Waals surface area contributed by atoms with Crippen LogP contribution in [0, 0.1) is 5.92 Å². The molecule has 96 valence electrons. The molecule has 0 spiro atoms. The molecule has 1 aromatic rings. The van der Waals surface area contributed by atoms with E-state index in [4.69, 9.17) is 16.3 Å². The van der Waals surface area contributed by atoms with Gasteiger partial charge in [0, 0.05) is 10.6 Å². The first-order chi connectivity index (χ1) is 8.08. The van der Waals surface area contributed by atoms with E-state index in [1.807, 2.05) is 6.07 Å². The van der Waals surface area contributed by atoms with Crippen molar-refractivity contribution in [2.75, 3.05) is 6.61 Å². The maximum Gasteiger partial charge on any atom is 0.125 e. The lowest BCUT2D eigenvalue weighted by Crippen LogP contribution is -2.11. The van der Waals surface area contributed by atoms with Gasteiger partial charge in [0.25, 0.3) is 0 Å². The number of ether oxygens (including phenoxy) is 1. The third kappa shape index (κ3) is 4.21. The van der Waals surface area contributed by atoms with Gasteiger partial charge in [0.05, 0.1) is 12.7 Å². The number of aliphatic hydroxyl groups is 1. The summed E-state index contributed by atoms with van der Waals surface area (Å²) in [5, 5.41) is 10.3. The Bertz CT molecular complexity index is 346. The van der Waals surface area contributed by atoms with Gasteiger partial charge >= 0.3 is 0 Å². The Morgan fingerprint density at radius 1 is 1.29 bits per heavy atom. The van der Waals surface area contributed by atoms with Crippen molar-refractivity contribution in [3.63, 3.8) is 0 Å². The van der Waals surface area contributed by atoms with Crippen molar-refractivity contribution in [2.24, 2.45) is 5.92 Å². The Kier molecular flexibility index (Phi) is 5.79. The predicted molar refractivity (Wildman–Crippen MR) is 71.7 cm³/mol. The van der Waals surface area contributed by atoms with Crippen LogP contribution in [-0.2, 0) is 0 Å². The third-order valence-electron chi connectivity index (χ3n) is 3.05. The van der Waals surface area contributed by atoms with E-state index >= 15 is 0 Å². The molecule has 0 fully saturated rings. The fourth-order valence-electron chi connectivity index (χ4n) is 1.71. The average molecular weight is 257 g/mol. The summed E-state index contributed by atoms with van der Waals surface area (Å²) in [6.07, 6.45) is 1.65. The van der Waals surface area contributed by atoms with Gasteiger partial charge in [-0.25, -0.2) is 0 Å². The topological polar surface area (TPSA) is 29.5 Å². The van der Waals surface area contributed by atoms with E-state index in [9.17, 15) is 5.11 Å². The first-order valence-electron chi connectivity index (χ1n) is 6.18. The molecule has 0 amide bonds. The van der Waals surface area contributed by atoms with Crippen molar-refractivity contribution >= 4 is 11.6 Å². The molecule has 1 N–H and O–H groups in total. The highest BCUT2D eigenvalue weighted by atomic mass is 35.5. The summed E-state index contributed by atoms with van der Waals surface area (Å²) in [7, 11) is 0. The van der Waals surface area contributed by atoms with Gasteiger partial charge in [0.15, 0.2) is 0 Å². The molecular formula is C14H21ClO2. The number of hydrogen-bond donors (Lipinski definition) is 1. The lowest BCUT2D eigenvalue weighted by Gasteiger charge is -2.17. The zero-order valence-electron chi connectivity index (χ0n) is 10.7. The lowest BCUT2D eigenvalue weighted by molar-refractivity contribution is 0.184. The normalized spacial score (nSPS) is 12.8. The van der Waals surface area contributed by atoms with Crippen LogP contribution in [0.4, 0.5) is 0 Å². The van der Waals surface area contributed by atoms with Gasteiger partial charge in [0.1, 0.15) is 5.75 Å². The quantitative estimate of drug-likeness (QED) is 0.826. The summed E-state index contributed by atoms with van der Waals surface area (Å²) in [5.74, 6) is 1.30. The summed E-state index contributed by atoms with van der Waals surface area (Å²) in [5.41, 5.74) is 0.753. The van der Waals surface area contributed by atoms with Crippen molar-refractivity contribution in [1.82, 2.24) is 0 Å². The maximum atomic E-state index is 9.67.